The highest BCUT2D eigenvalue weighted by Gasteiger charge is 2.36. The van der Waals surface area contributed by atoms with Gasteiger partial charge in [-0.2, -0.15) is 0 Å². The van der Waals surface area contributed by atoms with Crippen molar-refractivity contribution in [1.82, 2.24) is 14.8 Å². The minimum Gasteiger partial charge on any atom is -0.507 e. The number of rotatable bonds is 7. The standard InChI is InChI=1S/C29H33N3O2/c1-5-6-18-28(2,3)29(4)19-11-12-21(17-20-29)32-27(23-14-8-10-16-25(23)34)30-26(31-32)22-13-7-9-15-24(22)33/h7-17,19-20,33-34H,5-6,18H2,1-4H3. The van der Waals surface area contributed by atoms with Crippen molar-refractivity contribution < 1.29 is 10.2 Å². The van der Waals surface area contributed by atoms with E-state index in [4.69, 9.17) is 10.1 Å². The Bertz CT molecular complexity index is 1270. The summed E-state index contributed by atoms with van der Waals surface area (Å²) >= 11 is 0. The molecule has 5 heteroatoms. The maximum absolute atomic E-state index is 10.6. The highest BCUT2D eigenvalue weighted by molar-refractivity contribution is 5.74. The van der Waals surface area contributed by atoms with Crippen molar-refractivity contribution in [1.29, 1.82) is 0 Å². The lowest BCUT2D eigenvalue weighted by Crippen LogP contribution is -2.31. The Labute approximate surface area is 201 Å². The molecule has 1 aliphatic rings. The molecule has 4 rings (SSSR count). The summed E-state index contributed by atoms with van der Waals surface area (Å²) in [7, 11) is 0. The van der Waals surface area contributed by atoms with Crippen LogP contribution in [0.5, 0.6) is 11.5 Å². The third-order valence-corrected chi connectivity index (χ3v) is 7.06. The van der Waals surface area contributed by atoms with E-state index < -0.39 is 0 Å². The molecule has 0 saturated carbocycles. The molecule has 1 unspecified atom stereocenters. The molecule has 1 atom stereocenters. The zero-order valence-corrected chi connectivity index (χ0v) is 20.4. The Kier molecular flexibility index (Phi) is 6.47. The minimum absolute atomic E-state index is 0.0865. The first kappa shape index (κ1) is 23.6. The van der Waals surface area contributed by atoms with Gasteiger partial charge in [-0.25, -0.2) is 9.67 Å². The number of hydrogen-bond acceptors (Lipinski definition) is 4. The van der Waals surface area contributed by atoms with Crippen LogP contribution in [0.15, 0.2) is 78.9 Å². The lowest BCUT2D eigenvalue weighted by Gasteiger charge is -2.40. The van der Waals surface area contributed by atoms with Gasteiger partial charge < -0.3 is 10.2 Å². The fraction of sp³-hybridized carbons (Fsp3) is 0.310. The summed E-state index contributed by atoms with van der Waals surface area (Å²) in [5, 5.41) is 25.7. The van der Waals surface area contributed by atoms with Crippen molar-refractivity contribution in [3.05, 3.63) is 78.9 Å². The molecular formula is C29H33N3O2. The second kappa shape index (κ2) is 9.34. The van der Waals surface area contributed by atoms with Crippen molar-refractivity contribution in [2.45, 2.75) is 47.0 Å². The second-order valence-corrected chi connectivity index (χ2v) is 9.76. The van der Waals surface area contributed by atoms with Crippen LogP contribution in [0.2, 0.25) is 0 Å². The van der Waals surface area contributed by atoms with E-state index in [-0.39, 0.29) is 22.3 Å². The molecule has 1 aromatic heterocycles. The highest BCUT2D eigenvalue weighted by atomic mass is 16.3. The number of phenols is 2. The van der Waals surface area contributed by atoms with E-state index in [0.717, 1.165) is 12.1 Å². The van der Waals surface area contributed by atoms with Crippen LogP contribution in [0.1, 0.15) is 47.0 Å². The fourth-order valence-corrected chi connectivity index (χ4v) is 4.30. The van der Waals surface area contributed by atoms with E-state index in [1.54, 1.807) is 35.0 Å². The molecule has 1 aliphatic carbocycles. The van der Waals surface area contributed by atoms with Gasteiger partial charge in [0.1, 0.15) is 11.5 Å². The molecule has 0 bridgehead atoms. The van der Waals surface area contributed by atoms with Gasteiger partial charge in [0, 0.05) is 5.41 Å². The van der Waals surface area contributed by atoms with E-state index in [1.807, 2.05) is 24.3 Å². The summed E-state index contributed by atoms with van der Waals surface area (Å²) < 4.78 is 1.74. The lowest BCUT2D eigenvalue weighted by atomic mass is 9.64. The van der Waals surface area contributed by atoms with E-state index in [2.05, 4.69) is 52.0 Å². The van der Waals surface area contributed by atoms with Crippen LogP contribution in [0, 0.1) is 10.8 Å². The van der Waals surface area contributed by atoms with Crippen molar-refractivity contribution in [3.63, 3.8) is 0 Å². The molecule has 0 fully saturated rings. The van der Waals surface area contributed by atoms with Gasteiger partial charge in [-0.3, -0.25) is 0 Å². The Balaban J connectivity index is 1.81. The SMILES string of the molecule is CCCCC(C)(C)C1(C)C=CC=C(n2nc(-c3ccccc3O)nc2-c2ccccc2O)C=C1. The van der Waals surface area contributed by atoms with E-state index >= 15 is 0 Å². The summed E-state index contributed by atoms with van der Waals surface area (Å²) in [6.45, 7) is 9.14. The average molecular weight is 456 g/mol. The second-order valence-electron chi connectivity index (χ2n) is 9.76. The highest BCUT2D eigenvalue weighted by Crippen LogP contribution is 2.46. The van der Waals surface area contributed by atoms with Gasteiger partial charge in [-0.15, -0.1) is 5.10 Å². The molecule has 2 aromatic carbocycles. The Morgan fingerprint density at radius 3 is 2.24 bits per heavy atom. The normalized spacial score (nSPS) is 18.1. The molecule has 3 aromatic rings. The first-order valence-corrected chi connectivity index (χ1v) is 11.9. The van der Waals surface area contributed by atoms with Crippen molar-refractivity contribution in [3.8, 4) is 34.3 Å². The lowest BCUT2D eigenvalue weighted by molar-refractivity contribution is 0.177. The van der Waals surface area contributed by atoms with Gasteiger partial charge in [-0.05, 0) is 48.3 Å². The maximum Gasteiger partial charge on any atom is 0.185 e. The van der Waals surface area contributed by atoms with Crippen LogP contribution in [0.25, 0.3) is 28.5 Å². The summed E-state index contributed by atoms with van der Waals surface area (Å²) in [5.41, 5.74) is 1.90. The molecule has 0 spiro atoms. The number of allylic oxidation sites excluding steroid dienone is 6. The van der Waals surface area contributed by atoms with Crippen molar-refractivity contribution >= 4 is 5.70 Å². The predicted molar refractivity (Wildman–Crippen MR) is 138 cm³/mol. The molecule has 5 nitrogen and oxygen atoms in total. The maximum atomic E-state index is 10.6. The smallest absolute Gasteiger partial charge is 0.185 e. The number of para-hydroxylation sites is 2. The molecule has 1 heterocycles. The van der Waals surface area contributed by atoms with Gasteiger partial charge in [0.2, 0.25) is 0 Å². The molecule has 0 amide bonds. The number of hydrogen-bond donors (Lipinski definition) is 2. The Hall–Kier alpha value is -3.60. The van der Waals surface area contributed by atoms with E-state index in [9.17, 15) is 10.2 Å². The summed E-state index contributed by atoms with van der Waals surface area (Å²) in [6, 6.07) is 14.1. The minimum atomic E-state index is -0.128. The summed E-state index contributed by atoms with van der Waals surface area (Å²) in [5.74, 6) is 1.14. The summed E-state index contributed by atoms with van der Waals surface area (Å²) in [4.78, 5) is 4.74. The zero-order valence-electron chi connectivity index (χ0n) is 20.4. The molecule has 0 radical (unpaired) electrons. The van der Waals surface area contributed by atoms with Crippen LogP contribution >= 0.6 is 0 Å². The van der Waals surface area contributed by atoms with Gasteiger partial charge in [-0.1, -0.05) is 83.0 Å². The van der Waals surface area contributed by atoms with Gasteiger partial charge in [0.05, 0.1) is 16.8 Å². The number of benzene rings is 2. The molecular weight excluding hydrogens is 422 g/mol. The molecule has 34 heavy (non-hydrogen) atoms. The summed E-state index contributed by atoms with van der Waals surface area (Å²) in [6.07, 6.45) is 14.2. The fourth-order valence-electron chi connectivity index (χ4n) is 4.30. The van der Waals surface area contributed by atoms with Crippen LogP contribution in [-0.4, -0.2) is 25.0 Å². The third-order valence-electron chi connectivity index (χ3n) is 7.06. The molecule has 0 aliphatic heterocycles. The topological polar surface area (TPSA) is 71.2 Å². The molecule has 2 N–H and O–H groups in total. The number of aromatic nitrogens is 3. The zero-order chi connectivity index (χ0) is 24.3. The Morgan fingerprint density at radius 1 is 0.941 bits per heavy atom. The molecule has 0 saturated heterocycles. The van der Waals surface area contributed by atoms with Crippen LogP contribution in [0.3, 0.4) is 0 Å². The number of nitrogens with zero attached hydrogens (tertiary/aromatic N) is 3. The third kappa shape index (κ3) is 4.43. The monoisotopic (exact) mass is 455 g/mol. The Morgan fingerprint density at radius 2 is 1.59 bits per heavy atom. The van der Waals surface area contributed by atoms with E-state index in [1.165, 1.54) is 12.8 Å². The van der Waals surface area contributed by atoms with Gasteiger partial charge in [0.25, 0.3) is 0 Å². The van der Waals surface area contributed by atoms with Crippen LogP contribution < -0.4 is 0 Å². The van der Waals surface area contributed by atoms with E-state index in [0.29, 0.717) is 22.8 Å². The molecule has 176 valence electrons. The van der Waals surface area contributed by atoms with Gasteiger partial charge >= 0.3 is 0 Å². The first-order valence-electron chi connectivity index (χ1n) is 11.9. The van der Waals surface area contributed by atoms with Crippen LogP contribution in [-0.2, 0) is 0 Å². The predicted octanol–water partition coefficient (Wildman–Crippen LogP) is 7.21. The quantitative estimate of drug-likeness (QED) is 0.395. The van der Waals surface area contributed by atoms with Gasteiger partial charge in [0.15, 0.2) is 11.6 Å². The number of phenolic OH excluding ortho intramolecular Hbond substituents is 2. The number of aromatic hydroxyl groups is 2. The largest absolute Gasteiger partial charge is 0.507 e. The first-order chi connectivity index (χ1) is 16.3. The van der Waals surface area contributed by atoms with Crippen molar-refractivity contribution in [2.75, 3.05) is 0 Å². The average Bonchev–Trinajstić information content (AvgIpc) is 3.14. The number of unbranched alkanes of at least 4 members (excludes halogenated alkanes) is 1. The van der Waals surface area contributed by atoms with Crippen molar-refractivity contribution in [2.24, 2.45) is 10.8 Å². The van der Waals surface area contributed by atoms with Crippen LogP contribution in [0.4, 0.5) is 0 Å².